The van der Waals surface area contributed by atoms with Gasteiger partial charge in [-0.15, -0.1) is 0 Å². The molecule has 118 valence electrons. The van der Waals surface area contributed by atoms with Gasteiger partial charge in [-0.2, -0.15) is 0 Å². The van der Waals surface area contributed by atoms with Crippen LogP contribution in [0.4, 0.5) is 0 Å². The zero-order valence-corrected chi connectivity index (χ0v) is 17.1. The summed E-state index contributed by atoms with van der Waals surface area (Å²) in [6.45, 7) is 5.61. The highest BCUT2D eigenvalue weighted by Gasteiger charge is 2.33. The molecule has 0 bridgehead atoms. The predicted molar refractivity (Wildman–Crippen MR) is 95.9 cm³/mol. The van der Waals surface area contributed by atoms with Crippen LogP contribution in [0.5, 0.6) is 5.88 Å². The van der Waals surface area contributed by atoms with Crippen LogP contribution < -0.4 is 4.74 Å². The summed E-state index contributed by atoms with van der Waals surface area (Å²) in [5, 5.41) is 0. The van der Waals surface area contributed by atoms with Crippen LogP contribution in [0.15, 0.2) is 44.1 Å². The van der Waals surface area contributed by atoms with Crippen molar-refractivity contribution < 1.29 is 9.53 Å². The maximum absolute atomic E-state index is 12.7. The average molecular weight is 495 g/mol. The van der Waals surface area contributed by atoms with Crippen LogP contribution in [0.2, 0.25) is 0 Å². The van der Waals surface area contributed by atoms with Crippen molar-refractivity contribution >= 4 is 53.6 Å². The highest BCUT2D eigenvalue weighted by Crippen LogP contribution is 2.34. The van der Waals surface area contributed by atoms with Gasteiger partial charge >= 0.3 is 0 Å². The van der Waals surface area contributed by atoms with E-state index in [-0.39, 0.29) is 5.78 Å². The molecule has 2 aromatic heterocycles. The smallest absolute Gasteiger partial charge is 0.237 e. The van der Waals surface area contributed by atoms with E-state index in [1.54, 1.807) is 17.0 Å². The Morgan fingerprint density at radius 1 is 1.18 bits per heavy atom. The Labute approximate surface area is 154 Å². The molecule has 0 saturated heterocycles. The van der Waals surface area contributed by atoms with E-state index < -0.39 is 11.6 Å². The molecule has 7 heteroatoms. The summed E-state index contributed by atoms with van der Waals surface area (Å²) in [5.41, 5.74) is -0.534. The number of ketones is 1. The Kier molecular flexibility index (Phi) is 5.50. The SMILES string of the molecule is CC(C)(C)C(=O)C(Oc1nc(Br)c(Br)cc1Br)n1cccc1. The quantitative estimate of drug-likeness (QED) is 0.537. The second-order valence-electron chi connectivity index (χ2n) is 5.76. The van der Waals surface area contributed by atoms with Crippen molar-refractivity contribution in [3.63, 3.8) is 0 Å². The Balaban J connectivity index is 2.40. The molecule has 22 heavy (non-hydrogen) atoms. The van der Waals surface area contributed by atoms with Crippen molar-refractivity contribution in [2.24, 2.45) is 5.41 Å². The van der Waals surface area contributed by atoms with Crippen LogP contribution in [0, 0.1) is 5.41 Å². The van der Waals surface area contributed by atoms with Crippen LogP contribution in [0.1, 0.15) is 27.0 Å². The van der Waals surface area contributed by atoms with Crippen molar-refractivity contribution in [3.8, 4) is 5.88 Å². The number of rotatable bonds is 4. The molecule has 0 fully saturated rings. The standard InChI is InChI=1S/C15H15Br3N2O2/c1-15(2,3)11(21)14(20-6-4-5-7-20)22-13-10(17)8-9(16)12(18)19-13/h4-8,14H,1-3H3. The first-order valence-corrected chi connectivity index (χ1v) is 8.93. The van der Waals surface area contributed by atoms with Gasteiger partial charge in [-0.1, -0.05) is 20.8 Å². The van der Waals surface area contributed by atoms with Crippen molar-refractivity contribution in [1.29, 1.82) is 0 Å². The highest BCUT2D eigenvalue weighted by atomic mass is 79.9. The second-order valence-corrected chi connectivity index (χ2v) is 8.22. The lowest BCUT2D eigenvalue weighted by atomic mass is 9.89. The largest absolute Gasteiger partial charge is 0.445 e. The number of hydrogen-bond donors (Lipinski definition) is 0. The highest BCUT2D eigenvalue weighted by molar-refractivity contribution is 9.13. The molecule has 2 heterocycles. The molecule has 0 radical (unpaired) electrons. The fourth-order valence-corrected chi connectivity index (χ4v) is 3.05. The molecule has 1 unspecified atom stereocenters. The van der Waals surface area contributed by atoms with E-state index in [1.165, 1.54) is 0 Å². The molecule has 4 nitrogen and oxygen atoms in total. The minimum atomic E-state index is -0.771. The summed E-state index contributed by atoms with van der Waals surface area (Å²) >= 11 is 10.1. The number of halogens is 3. The fourth-order valence-electron chi connectivity index (χ4n) is 1.74. The van der Waals surface area contributed by atoms with Crippen LogP contribution in [-0.2, 0) is 4.79 Å². The van der Waals surface area contributed by atoms with Crippen molar-refractivity contribution in [2.45, 2.75) is 27.0 Å². The second kappa shape index (κ2) is 6.84. The number of carbonyl (C=O) groups is 1. The average Bonchev–Trinajstić information content (AvgIpc) is 2.93. The van der Waals surface area contributed by atoms with E-state index in [1.807, 2.05) is 39.0 Å². The van der Waals surface area contributed by atoms with Crippen LogP contribution in [0.3, 0.4) is 0 Å². The molecule has 0 spiro atoms. The molecule has 0 aromatic carbocycles. The van der Waals surface area contributed by atoms with Crippen LogP contribution in [-0.4, -0.2) is 15.3 Å². The molecule has 0 aliphatic heterocycles. The molecule has 0 amide bonds. The lowest BCUT2D eigenvalue weighted by Crippen LogP contribution is -2.33. The number of carbonyl (C=O) groups excluding carboxylic acids is 1. The monoisotopic (exact) mass is 492 g/mol. The van der Waals surface area contributed by atoms with E-state index in [9.17, 15) is 4.79 Å². The maximum Gasteiger partial charge on any atom is 0.237 e. The number of hydrogen-bond acceptors (Lipinski definition) is 3. The van der Waals surface area contributed by atoms with Gasteiger partial charge in [0.05, 0.1) is 8.95 Å². The van der Waals surface area contributed by atoms with Gasteiger partial charge in [0, 0.05) is 17.8 Å². The summed E-state index contributed by atoms with van der Waals surface area (Å²) in [5.74, 6) is 0.322. The maximum atomic E-state index is 12.7. The van der Waals surface area contributed by atoms with E-state index in [0.717, 1.165) is 4.47 Å². The fraction of sp³-hybridized carbons (Fsp3) is 0.333. The van der Waals surface area contributed by atoms with Crippen LogP contribution in [0.25, 0.3) is 0 Å². The molecule has 1 atom stereocenters. The third-order valence-corrected chi connectivity index (χ3v) is 5.25. The molecule has 0 aliphatic rings. The van der Waals surface area contributed by atoms with Gasteiger partial charge < -0.3 is 9.30 Å². The number of Topliss-reactive ketones (excluding diaryl/α,β-unsaturated/α-hetero) is 1. The van der Waals surface area contributed by atoms with Crippen molar-refractivity contribution in [2.75, 3.05) is 0 Å². The number of aromatic nitrogens is 2. The van der Waals surface area contributed by atoms with Gasteiger partial charge in [-0.3, -0.25) is 4.79 Å². The first-order valence-electron chi connectivity index (χ1n) is 6.55. The molecule has 2 aromatic rings. The number of ether oxygens (including phenoxy) is 1. The summed E-state index contributed by atoms with van der Waals surface area (Å²) < 4.78 is 9.73. The Morgan fingerprint density at radius 3 is 2.32 bits per heavy atom. The first-order chi connectivity index (χ1) is 10.2. The van der Waals surface area contributed by atoms with Crippen molar-refractivity contribution in [1.82, 2.24) is 9.55 Å². The minimum Gasteiger partial charge on any atom is -0.445 e. The topological polar surface area (TPSA) is 44.1 Å². The zero-order valence-electron chi connectivity index (χ0n) is 12.3. The Hall–Kier alpha value is -0.660. The molecule has 2 rings (SSSR count). The Bertz CT molecular complexity index is 679. The normalized spacial score (nSPS) is 13.0. The lowest BCUT2D eigenvalue weighted by molar-refractivity contribution is -0.137. The lowest BCUT2D eigenvalue weighted by Gasteiger charge is -2.26. The third kappa shape index (κ3) is 4.00. The van der Waals surface area contributed by atoms with E-state index in [4.69, 9.17) is 4.74 Å². The van der Waals surface area contributed by atoms with E-state index >= 15 is 0 Å². The Morgan fingerprint density at radius 2 is 1.77 bits per heavy atom. The van der Waals surface area contributed by atoms with Crippen LogP contribution >= 0.6 is 47.8 Å². The third-order valence-electron chi connectivity index (χ3n) is 2.94. The summed E-state index contributed by atoms with van der Waals surface area (Å²) in [6.07, 6.45) is 2.83. The van der Waals surface area contributed by atoms with Gasteiger partial charge in [0.2, 0.25) is 12.1 Å². The molecule has 0 N–H and O–H groups in total. The summed E-state index contributed by atoms with van der Waals surface area (Å²) in [6, 6.07) is 5.53. The van der Waals surface area contributed by atoms with Gasteiger partial charge in [0.15, 0.2) is 5.78 Å². The van der Waals surface area contributed by atoms with Gasteiger partial charge in [0.25, 0.3) is 0 Å². The minimum absolute atomic E-state index is 0.0311. The van der Waals surface area contributed by atoms with E-state index in [2.05, 4.69) is 52.8 Å². The predicted octanol–water partition coefficient (Wildman–Crippen LogP) is 5.36. The molecular formula is C15H15Br3N2O2. The summed E-state index contributed by atoms with van der Waals surface area (Å²) in [7, 11) is 0. The molecular weight excluding hydrogens is 480 g/mol. The van der Waals surface area contributed by atoms with Crippen molar-refractivity contribution in [3.05, 3.63) is 44.1 Å². The number of pyridine rings is 1. The zero-order chi connectivity index (χ0) is 16.5. The van der Waals surface area contributed by atoms with Gasteiger partial charge in [-0.05, 0) is 66.0 Å². The van der Waals surface area contributed by atoms with Gasteiger partial charge in [-0.25, -0.2) is 4.98 Å². The van der Waals surface area contributed by atoms with Gasteiger partial charge in [0.1, 0.15) is 4.60 Å². The first kappa shape index (κ1) is 17.7. The van der Waals surface area contributed by atoms with E-state index in [0.29, 0.717) is 15.0 Å². The molecule has 0 aliphatic carbocycles. The molecule has 0 saturated carbocycles. The number of nitrogens with zero attached hydrogens (tertiary/aromatic N) is 2. The summed E-state index contributed by atoms with van der Waals surface area (Å²) in [4.78, 5) is 17.0.